The summed E-state index contributed by atoms with van der Waals surface area (Å²) in [4.78, 5) is 10.7. The summed E-state index contributed by atoms with van der Waals surface area (Å²) < 4.78 is 0. The molecule has 0 fully saturated rings. The molecule has 0 aliphatic carbocycles. The van der Waals surface area contributed by atoms with Gasteiger partial charge in [-0.1, -0.05) is 39.0 Å². The molecule has 3 nitrogen and oxygen atoms in total. The van der Waals surface area contributed by atoms with Crippen LogP contribution < -0.4 is 0 Å². The normalized spacial score (nSPS) is 12.8. The van der Waals surface area contributed by atoms with Crippen molar-refractivity contribution in [1.29, 1.82) is 0 Å². The van der Waals surface area contributed by atoms with Crippen molar-refractivity contribution in [2.24, 2.45) is 0 Å². The highest BCUT2D eigenvalue weighted by molar-refractivity contribution is 5.79. The number of aliphatic hydroxyl groups is 2. The van der Waals surface area contributed by atoms with Crippen LogP contribution in [0.15, 0.2) is 0 Å². The monoisotopic (exact) mass is 202 g/mol. The van der Waals surface area contributed by atoms with E-state index in [2.05, 4.69) is 6.92 Å². The second-order valence-corrected chi connectivity index (χ2v) is 3.76. The van der Waals surface area contributed by atoms with E-state index < -0.39 is 12.7 Å². The van der Waals surface area contributed by atoms with Crippen molar-refractivity contribution in [2.75, 3.05) is 6.61 Å². The van der Waals surface area contributed by atoms with E-state index in [0.29, 0.717) is 6.42 Å². The summed E-state index contributed by atoms with van der Waals surface area (Å²) in [5, 5.41) is 17.8. The van der Waals surface area contributed by atoms with E-state index in [1.807, 2.05) is 0 Å². The second-order valence-electron chi connectivity index (χ2n) is 3.76. The van der Waals surface area contributed by atoms with Crippen molar-refractivity contribution in [2.45, 2.75) is 58.0 Å². The average molecular weight is 202 g/mol. The highest BCUT2D eigenvalue weighted by atomic mass is 16.3. The molecule has 0 aromatic carbocycles. The van der Waals surface area contributed by atoms with Gasteiger partial charge >= 0.3 is 0 Å². The molecule has 84 valence electrons. The molecule has 0 radical (unpaired) electrons. The van der Waals surface area contributed by atoms with Crippen molar-refractivity contribution < 1.29 is 15.0 Å². The summed E-state index contributed by atoms with van der Waals surface area (Å²) in [5.74, 6) is -0.272. The van der Waals surface area contributed by atoms with Crippen LogP contribution in [0.5, 0.6) is 0 Å². The van der Waals surface area contributed by atoms with Gasteiger partial charge in [0, 0.05) is 6.42 Å². The van der Waals surface area contributed by atoms with E-state index >= 15 is 0 Å². The molecule has 0 unspecified atom stereocenters. The standard InChI is InChI=1S/C11H22O3/c1-2-3-4-5-6-7-10(13)8-11(14)9-12/h10,12-13H,2-9H2,1H3/t10-/m1/s1. The van der Waals surface area contributed by atoms with Crippen LogP contribution in [0.25, 0.3) is 0 Å². The Bertz CT molecular complexity index is 145. The van der Waals surface area contributed by atoms with E-state index in [-0.39, 0.29) is 12.2 Å². The summed E-state index contributed by atoms with van der Waals surface area (Å²) in [6, 6.07) is 0. The fourth-order valence-electron chi connectivity index (χ4n) is 1.41. The van der Waals surface area contributed by atoms with Gasteiger partial charge in [0.25, 0.3) is 0 Å². The van der Waals surface area contributed by atoms with Crippen LogP contribution in [0.2, 0.25) is 0 Å². The predicted molar refractivity (Wildman–Crippen MR) is 56.1 cm³/mol. The Morgan fingerprint density at radius 2 is 1.86 bits per heavy atom. The fourth-order valence-corrected chi connectivity index (χ4v) is 1.41. The van der Waals surface area contributed by atoms with Crippen LogP contribution in [0.3, 0.4) is 0 Å². The first kappa shape index (κ1) is 13.6. The highest BCUT2D eigenvalue weighted by Gasteiger charge is 2.08. The number of rotatable bonds is 9. The second kappa shape index (κ2) is 9.16. The Kier molecular flexibility index (Phi) is 8.89. The number of Topliss-reactive ketones (excluding diaryl/α,β-unsaturated/α-hetero) is 1. The zero-order chi connectivity index (χ0) is 10.8. The molecule has 0 bridgehead atoms. The highest BCUT2D eigenvalue weighted by Crippen LogP contribution is 2.09. The van der Waals surface area contributed by atoms with Gasteiger partial charge in [0.2, 0.25) is 0 Å². The van der Waals surface area contributed by atoms with E-state index in [1.165, 1.54) is 19.3 Å². The van der Waals surface area contributed by atoms with Crippen LogP contribution in [0.1, 0.15) is 51.9 Å². The van der Waals surface area contributed by atoms with Gasteiger partial charge < -0.3 is 10.2 Å². The van der Waals surface area contributed by atoms with E-state index in [4.69, 9.17) is 5.11 Å². The minimum Gasteiger partial charge on any atom is -0.393 e. The maximum absolute atomic E-state index is 10.7. The molecule has 0 rings (SSSR count). The van der Waals surface area contributed by atoms with Gasteiger partial charge in [0.15, 0.2) is 5.78 Å². The SMILES string of the molecule is CCCCCCC[C@@H](O)CC(=O)CO. The molecule has 0 spiro atoms. The van der Waals surface area contributed by atoms with Gasteiger partial charge in [-0.3, -0.25) is 4.79 Å². The Labute approximate surface area is 86.1 Å². The van der Waals surface area contributed by atoms with Crippen molar-refractivity contribution in [3.8, 4) is 0 Å². The van der Waals surface area contributed by atoms with Gasteiger partial charge in [-0.05, 0) is 6.42 Å². The molecular weight excluding hydrogens is 180 g/mol. The lowest BCUT2D eigenvalue weighted by molar-refractivity contribution is -0.123. The minimum atomic E-state index is -0.559. The Balaban J connectivity index is 3.26. The van der Waals surface area contributed by atoms with Gasteiger partial charge in [0.05, 0.1) is 6.10 Å². The Hall–Kier alpha value is -0.410. The van der Waals surface area contributed by atoms with Crippen molar-refractivity contribution in [1.82, 2.24) is 0 Å². The molecule has 0 aromatic rings. The first-order valence-corrected chi connectivity index (χ1v) is 5.51. The van der Waals surface area contributed by atoms with Crippen molar-refractivity contribution >= 4 is 5.78 Å². The quantitative estimate of drug-likeness (QED) is 0.559. The number of carbonyl (C=O) groups excluding carboxylic acids is 1. The third-order valence-corrected chi connectivity index (χ3v) is 2.28. The third-order valence-electron chi connectivity index (χ3n) is 2.28. The summed E-state index contributed by atoms with van der Waals surface area (Å²) >= 11 is 0. The molecule has 0 saturated heterocycles. The van der Waals surface area contributed by atoms with Crippen LogP contribution in [-0.2, 0) is 4.79 Å². The fraction of sp³-hybridized carbons (Fsp3) is 0.909. The maximum Gasteiger partial charge on any atom is 0.160 e. The number of aliphatic hydroxyl groups excluding tert-OH is 2. The van der Waals surface area contributed by atoms with Gasteiger partial charge in [-0.25, -0.2) is 0 Å². The summed E-state index contributed by atoms with van der Waals surface area (Å²) in [7, 11) is 0. The third kappa shape index (κ3) is 8.20. The van der Waals surface area contributed by atoms with E-state index in [1.54, 1.807) is 0 Å². The molecule has 3 heteroatoms. The van der Waals surface area contributed by atoms with Crippen molar-refractivity contribution in [3.63, 3.8) is 0 Å². The number of ketones is 1. The van der Waals surface area contributed by atoms with Gasteiger partial charge in [-0.15, -0.1) is 0 Å². The zero-order valence-corrected chi connectivity index (χ0v) is 9.04. The van der Waals surface area contributed by atoms with Gasteiger partial charge in [-0.2, -0.15) is 0 Å². The lowest BCUT2D eigenvalue weighted by Gasteiger charge is -2.08. The summed E-state index contributed by atoms with van der Waals surface area (Å²) in [5.41, 5.74) is 0. The van der Waals surface area contributed by atoms with E-state index in [9.17, 15) is 9.90 Å². The lowest BCUT2D eigenvalue weighted by Crippen LogP contribution is -2.15. The molecule has 0 aliphatic rings. The van der Waals surface area contributed by atoms with Gasteiger partial charge in [0.1, 0.15) is 6.61 Å². The zero-order valence-electron chi connectivity index (χ0n) is 9.04. The van der Waals surface area contributed by atoms with Crippen molar-refractivity contribution in [3.05, 3.63) is 0 Å². The maximum atomic E-state index is 10.7. The van der Waals surface area contributed by atoms with Crippen LogP contribution in [0.4, 0.5) is 0 Å². The number of carbonyl (C=O) groups is 1. The number of hydrogen-bond acceptors (Lipinski definition) is 3. The smallest absolute Gasteiger partial charge is 0.160 e. The molecule has 0 heterocycles. The van der Waals surface area contributed by atoms with Crippen LogP contribution in [0, 0.1) is 0 Å². The molecular formula is C11H22O3. The molecule has 0 aromatic heterocycles. The first-order chi connectivity index (χ1) is 6.70. The molecule has 0 saturated carbocycles. The largest absolute Gasteiger partial charge is 0.393 e. The minimum absolute atomic E-state index is 0.101. The molecule has 0 amide bonds. The molecule has 2 N–H and O–H groups in total. The molecule has 1 atom stereocenters. The Morgan fingerprint density at radius 1 is 1.21 bits per heavy atom. The predicted octanol–water partition coefficient (Wildman–Crippen LogP) is 1.66. The number of hydrogen-bond donors (Lipinski definition) is 2. The topological polar surface area (TPSA) is 57.5 Å². The Morgan fingerprint density at radius 3 is 2.43 bits per heavy atom. The summed E-state index contributed by atoms with van der Waals surface area (Å²) in [6.07, 6.45) is 5.97. The summed E-state index contributed by atoms with van der Waals surface area (Å²) in [6.45, 7) is 1.71. The van der Waals surface area contributed by atoms with Crippen LogP contribution >= 0.6 is 0 Å². The van der Waals surface area contributed by atoms with E-state index in [0.717, 1.165) is 12.8 Å². The molecule has 14 heavy (non-hydrogen) atoms. The van der Waals surface area contributed by atoms with Crippen LogP contribution in [-0.4, -0.2) is 28.7 Å². The first-order valence-electron chi connectivity index (χ1n) is 5.51. The average Bonchev–Trinajstić information content (AvgIpc) is 2.17. The number of unbranched alkanes of at least 4 members (excludes halogenated alkanes) is 4. The lowest BCUT2D eigenvalue weighted by atomic mass is 10.0. The molecule has 0 aliphatic heterocycles.